The Labute approximate surface area is 189 Å². The minimum absolute atomic E-state index is 0.153. The van der Waals surface area contributed by atoms with E-state index in [9.17, 15) is 4.39 Å². The second kappa shape index (κ2) is 11.1. The average Bonchev–Trinajstić information content (AvgIpc) is 2.84. The van der Waals surface area contributed by atoms with Crippen molar-refractivity contribution in [3.63, 3.8) is 0 Å². The number of halogens is 1. The number of alkyl halides is 1. The summed E-state index contributed by atoms with van der Waals surface area (Å²) < 4.78 is 12.4. The van der Waals surface area contributed by atoms with Gasteiger partial charge in [-0.15, -0.1) is 0 Å². The first-order valence-electron chi connectivity index (χ1n) is 12.7. The van der Waals surface area contributed by atoms with Crippen LogP contribution in [0.3, 0.4) is 0 Å². The van der Waals surface area contributed by atoms with Gasteiger partial charge in [-0.1, -0.05) is 60.7 Å². The van der Waals surface area contributed by atoms with Gasteiger partial charge in [-0.05, 0) is 117 Å². The second-order valence-corrected chi connectivity index (χ2v) is 9.93. The van der Waals surface area contributed by atoms with Crippen molar-refractivity contribution in [3.05, 3.63) is 71.8 Å². The fraction of sp³-hybridized carbons (Fsp3) is 0.533. The SMILES string of the molecule is CC=CC1CCC(c2ccc(-c3ccc(C4CCC(CCCF)CC4)cc3)cc2)CC1. The summed E-state index contributed by atoms with van der Waals surface area (Å²) in [7, 11) is 0. The summed E-state index contributed by atoms with van der Waals surface area (Å²) in [6.07, 6.45) is 16.8. The molecule has 1 heteroatoms. The molecule has 31 heavy (non-hydrogen) atoms. The Morgan fingerprint density at radius 1 is 0.710 bits per heavy atom. The predicted octanol–water partition coefficient (Wildman–Crippen LogP) is 9.23. The van der Waals surface area contributed by atoms with Crippen molar-refractivity contribution < 1.29 is 4.39 Å². The van der Waals surface area contributed by atoms with Crippen molar-refractivity contribution in [3.8, 4) is 11.1 Å². The average molecular weight is 419 g/mol. The van der Waals surface area contributed by atoms with Crippen LogP contribution in [0.1, 0.15) is 94.1 Å². The molecule has 0 heterocycles. The van der Waals surface area contributed by atoms with E-state index in [1.165, 1.54) is 73.6 Å². The van der Waals surface area contributed by atoms with Crippen LogP contribution in [-0.4, -0.2) is 6.67 Å². The molecule has 0 radical (unpaired) electrons. The number of rotatable bonds is 7. The third-order valence-electron chi connectivity index (χ3n) is 7.93. The Kier molecular flexibility index (Phi) is 8.00. The molecular weight excluding hydrogens is 379 g/mol. The van der Waals surface area contributed by atoms with Gasteiger partial charge in [-0.25, -0.2) is 0 Å². The van der Waals surface area contributed by atoms with Crippen LogP contribution in [0.4, 0.5) is 4.39 Å². The Bertz CT molecular complexity index is 800. The molecule has 2 aliphatic carbocycles. The highest BCUT2D eigenvalue weighted by Crippen LogP contribution is 2.39. The van der Waals surface area contributed by atoms with Gasteiger partial charge in [0.05, 0.1) is 6.67 Å². The Morgan fingerprint density at radius 2 is 1.19 bits per heavy atom. The summed E-state index contributed by atoms with van der Waals surface area (Å²) >= 11 is 0. The molecule has 0 aliphatic heterocycles. The zero-order valence-corrected chi connectivity index (χ0v) is 19.2. The molecule has 0 atom stereocenters. The molecule has 2 aliphatic rings. The fourth-order valence-corrected chi connectivity index (χ4v) is 5.96. The molecule has 0 unspecified atom stereocenters. The topological polar surface area (TPSA) is 0 Å². The summed E-state index contributed by atoms with van der Waals surface area (Å²) in [5.41, 5.74) is 5.66. The number of benzene rings is 2. The standard InChI is InChI=1S/C30H39F/c1-2-4-23-6-10-25(11-7-23)27-14-18-29(19-15-27)30-20-16-28(17-21-30)26-12-8-24(9-13-26)5-3-22-31/h2,4,14-21,23-26H,3,5-13,22H2,1H3. The maximum Gasteiger partial charge on any atom is 0.0894 e. The molecule has 0 spiro atoms. The second-order valence-electron chi connectivity index (χ2n) is 9.93. The first-order valence-corrected chi connectivity index (χ1v) is 12.7. The largest absolute Gasteiger partial charge is 0.251 e. The van der Waals surface area contributed by atoms with Gasteiger partial charge in [0.1, 0.15) is 0 Å². The van der Waals surface area contributed by atoms with E-state index in [-0.39, 0.29) is 6.67 Å². The minimum Gasteiger partial charge on any atom is -0.251 e. The lowest BCUT2D eigenvalue weighted by molar-refractivity contribution is 0.293. The molecule has 0 amide bonds. The van der Waals surface area contributed by atoms with E-state index >= 15 is 0 Å². The first-order chi connectivity index (χ1) is 15.3. The molecule has 166 valence electrons. The van der Waals surface area contributed by atoms with E-state index < -0.39 is 0 Å². The van der Waals surface area contributed by atoms with Crippen LogP contribution in [0.25, 0.3) is 11.1 Å². The van der Waals surface area contributed by atoms with E-state index in [0.29, 0.717) is 5.92 Å². The van der Waals surface area contributed by atoms with Crippen LogP contribution in [0.2, 0.25) is 0 Å². The smallest absolute Gasteiger partial charge is 0.0894 e. The molecule has 0 saturated heterocycles. The van der Waals surface area contributed by atoms with Gasteiger partial charge in [-0.3, -0.25) is 4.39 Å². The molecule has 2 fully saturated rings. The highest BCUT2D eigenvalue weighted by molar-refractivity contribution is 5.64. The van der Waals surface area contributed by atoms with E-state index in [1.807, 2.05) is 0 Å². The lowest BCUT2D eigenvalue weighted by atomic mass is 9.77. The molecule has 0 bridgehead atoms. The Hall–Kier alpha value is -1.89. The maximum atomic E-state index is 12.4. The van der Waals surface area contributed by atoms with Crippen LogP contribution in [0.5, 0.6) is 0 Å². The van der Waals surface area contributed by atoms with E-state index in [2.05, 4.69) is 67.6 Å². The minimum atomic E-state index is -0.153. The normalized spacial score (nSPS) is 26.9. The molecule has 0 aromatic heterocycles. The Balaban J connectivity index is 1.32. The van der Waals surface area contributed by atoms with Gasteiger partial charge < -0.3 is 0 Å². The lowest BCUT2D eigenvalue weighted by Gasteiger charge is -2.28. The number of hydrogen-bond acceptors (Lipinski definition) is 0. The predicted molar refractivity (Wildman–Crippen MR) is 131 cm³/mol. The molecule has 4 rings (SSSR count). The van der Waals surface area contributed by atoms with E-state index in [4.69, 9.17) is 0 Å². The van der Waals surface area contributed by atoms with Gasteiger partial charge in [0.25, 0.3) is 0 Å². The van der Waals surface area contributed by atoms with E-state index in [1.54, 1.807) is 0 Å². The zero-order chi connectivity index (χ0) is 21.5. The van der Waals surface area contributed by atoms with Crippen LogP contribution in [0, 0.1) is 11.8 Å². The van der Waals surface area contributed by atoms with Crippen molar-refractivity contribution in [1.82, 2.24) is 0 Å². The molecule has 2 aromatic rings. The summed E-state index contributed by atoms with van der Waals surface area (Å²) in [5, 5.41) is 0. The third kappa shape index (κ3) is 5.88. The van der Waals surface area contributed by atoms with Gasteiger partial charge in [0, 0.05) is 0 Å². The first kappa shape index (κ1) is 22.3. The van der Waals surface area contributed by atoms with Crippen molar-refractivity contribution in [2.24, 2.45) is 11.8 Å². The van der Waals surface area contributed by atoms with Crippen LogP contribution in [0.15, 0.2) is 60.7 Å². The quantitative estimate of drug-likeness (QED) is 0.393. The van der Waals surface area contributed by atoms with Crippen LogP contribution in [-0.2, 0) is 0 Å². The molecule has 0 nitrogen and oxygen atoms in total. The van der Waals surface area contributed by atoms with Gasteiger partial charge in [0.2, 0.25) is 0 Å². The maximum absolute atomic E-state index is 12.4. The van der Waals surface area contributed by atoms with Crippen LogP contribution >= 0.6 is 0 Å². The summed E-state index contributed by atoms with van der Waals surface area (Å²) in [5.74, 6) is 2.97. The zero-order valence-electron chi connectivity index (χ0n) is 19.2. The van der Waals surface area contributed by atoms with Crippen molar-refractivity contribution in [1.29, 1.82) is 0 Å². The Morgan fingerprint density at radius 3 is 1.65 bits per heavy atom. The molecule has 0 N–H and O–H groups in total. The van der Waals surface area contributed by atoms with Gasteiger partial charge in [0.15, 0.2) is 0 Å². The third-order valence-corrected chi connectivity index (χ3v) is 7.93. The lowest BCUT2D eigenvalue weighted by Crippen LogP contribution is -2.13. The highest BCUT2D eigenvalue weighted by Gasteiger charge is 2.22. The monoisotopic (exact) mass is 418 g/mol. The summed E-state index contributed by atoms with van der Waals surface area (Å²) in [6, 6.07) is 18.7. The van der Waals surface area contributed by atoms with Crippen molar-refractivity contribution in [2.45, 2.75) is 83.0 Å². The fourth-order valence-electron chi connectivity index (χ4n) is 5.96. The molecule has 2 saturated carbocycles. The highest BCUT2D eigenvalue weighted by atomic mass is 19.1. The van der Waals surface area contributed by atoms with Crippen molar-refractivity contribution in [2.75, 3.05) is 6.67 Å². The molecule has 2 aromatic carbocycles. The number of hydrogen-bond donors (Lipinski definition) is 0. The van der Waals surface area contributed by atoms with E-state index in [0.717, 1.165) is 30.6 Å². The summed E-state index contributed by atoms with van der Waals surface area (Å²) in [4.78, 5) is 0. The van der Waals surface area contributed by atoms with Crippen LogP contribution < -0.4 is 0 Å². The van der Waals surface area contributed by atoms with Gasteiger partial charge >= 0.3 is 0 Å². The summed E-state index contributed by atoms with van der Waals surface area (Å²) in [6.45, 7) is 1.99. The van der Waals surface area contributed by atoms with Crippen molar-refractivity contribution >= 4 is 0 Å². The number of allylic oxidation sites excluding steroid dienone is 2. The van der Waals surface area contributed by atoms with Gasteiger partial charge in [-0.2, -0.15) is 0 Å². The molecular formula is C30H39F.